The number of fused-ring (bicyclic) bond motifs is 1. The van der Waals surface area contributed by atoms with Crippen molar-refractivity contribution in [3.63, 3.8) is 0 Å². The first-order valence-corrected chi connectivity index (χ1v) is 5.52. The highest BCUT2D eigenvalue weighted by Gasteiger charge is 2.02. The van der Waals surface area contributed by atoms with Gasteiger partial charge in [-0.2, -0.15) is 0 Å². The summed E-state index contributed by atoms with van der Waals surface area (Å²) in [6.07, 6.45) is 0.952. The summed E-state index contributed by atoms with van der Waals surface area (Å²) >= 11 is 0. The zero-order valence-electron chi connectivity index (χ0n) is 9.66. The van der Waals surface area contributed by atoms with Crippen molar-refractivity contribution in [3.8, 4) is 0 Å². The summed E-state index contributed by atoms with van der Waals surface area (Å²) in [7, 11) is 0. The number of nitrogens with one attached hydrogen (secondary N) is 1. The molecule has 0 aliphatic heterocycles. The van der Waals surface area contributed by atoms with E-state index in [-0.39, 0.29) is 6.04 Å². The minimum absolute atomic E-state index is 0.226. The molecule has 3 N–H and O–H groups in total. The van der Waals surface area contributed by atoms with Crippen LogP contribution in [0.5, 0.6) is 0 Å². The molecule has 0 saturated heterocycles. The van der Waals surface area contributed by atoms with Crippen molar-refractivity contribution in [3.05, 3.63) is 24.1 Å². The molecule has 0 aliphatic carbocycles. The van der Waals surface area contributed by atoms with Gasteiger partial charge in [-0.25, -0.2) is 4.98 Å². The lowest BCUT2D eigenvalue weighted by Crippen LogP contribution is -2.19. The first-order valence-electron chi connectivity index (χ1n) is 5.52. The highest BCUT2D eigenvalue weighted by Crippen LogP contribution is 2.19. The number of oxazole rings is 1. The topological polar surface area (TPSA) is 64.1 Å². The van der Waals surface area contributed by atoms with Crippen LogP contribution in [0.4, 0.5) is 5.69 Å². The molecular weight excluding hydrogens is 202 g/mol. The molecule has 1 aromatic carbocycles. The second-order valence-corrected chi connectivity index (χ2v) is 4.11. The Hall–Kier alpha value is -1.55. The Morgan fingerprint density at radius 2 is 2.31 bits per heavy atom. The van der Waals surface area contributed by atoms with Gasteiger partial charge in [0.05, 0.1) is 0 Å². The van der Waals surface area contributed by atoms with Crippen LogP contribution in [0, 0.1) is 6.92 Å². The summed E-state index contributed by atoms with van der Waals surface area (Å²) < 4.78 is 5.46. The third-order valence-corrected chi connectivity index (χ3v) is 2.42. The molecule has 86 valence electrons. The maximum atomic E-state index is 5.68. The normalized spacial score (nSPS) is 12.9. The summed E-state index contributed by atoms with van der Waals surface area (Å²) in [5, 5.41) is 3.31. The van der Waals surface area contributed by atoms with Gasteiger partial charge in [-0.3, -0.25) is 0 Å². The summed E-state index contributed by atoms with van der Waals surface area (Å²) in [5.41, 5.74) is 8.45. The van der Waals surface area contributed by atoms with Crippen LogP contribution in [-0.4, -0.2) is 17.6 Å². The fraction of sp³-hybridized carbons (Fsp3) is 0.417. The minimum atomic E-state index is 0.226. The van der Waals surface area contributed by atoms with Crippen molar-refractivity contribution >= 4 is 16.8 Å². The minimum Gasteiger partial charge on any atom is -0.441 e. The Morgan fingerprint density at radius 1 is 1.50 bits per heavy atom. The molecule has 1 heterocycles. The number of rotatable bonds is 4. The van der Waals surface area contributed by atoms with E-state index in [0.29, 0.717) is 5.89 Å². The fourth-order valence-corrected chi connectivity index (χ4v) is 1.59. The van der Waals surface area contributed by atoms with Crippen LogP contribution in [0.3, 0.4) is 0 Å². The monoisotopic (exact) mass is 219 g/mol. The van der Waals surface area contributed by atoms with Crippen molar-refractivity contribution < 1.29 is 4.42 Å². The van der Waals surface area contributed by atoms with Gasteiger partial charge in [-0.15, -0.1) is 0 Å². The third kappa shape index (κ3) is 2.52. The van der Waals surface area contributed by atoms with Crippen molar-refractivity contribution in [2.24, 2.45) is 5.73 Å². The van der Waals surface area contributed by atoms with E-state index >= 15 is 0 Å². The van der Waals surface area contributed by atoms with E-state index in [2.05, 4.69) is 10.3 Å². The Bertz CT molecular complexity index is 476. The first-order chi connectivity index (χ1) is 7.65. The Morgan fingerprint density at radius 3 is 3.06 bits per heavy atom. The maximum absolute atomic E-state index is 5.68. The molecule has 0 fully saturated rings. The summed E-state index contributed by atoms with van der Waals surface area (Å²) in [4.78, 5) is 4.25. The lowest BCUT2D eigenvalue weighted by molar-refractivity contribution is 0.561. The second-order valence-electron chi connectivity index (χ2n) is 4.11. The van der Waals surface area contributed by atoms with E-state index in [1.54, 1.807) is 0 Å². The van der Waals surface area contributed by atoms with E-state index in [1.807, 2.05) is 32.0 Å². The van der Waals surface area contributed by atoms with E-state index in [0.717, 1.165) is 29.8 Å². The zero-order valence-corrected chi connectivity index (χ0v) is 9.66. The van der Waals surface area contributed by atoms with Crippen LogP contribution in [0.2, 0.25) is 0 Å². The number of aromatic nitrogens is 1. The summed E-state index contributed by atoms with van der Waals surface area (Å²) in [6, 6.07) is 6.16. The summed E-state index contributed by atoms with van der Waals surface area (Å²) in [6.45, 7) is 4.73. The molecule has 0 bridgehead atoms. The molecule has 2 rings (SSSR count). The molecule has 1 aromatic heterocycles. The van der Waals surface area contributed by atoms with Gasteiger partial charge in [0.15, 0.2) is 11.5 Å². The van der Waals surface area contributed by atoms with Gasteiger partial charge in [0.2, 0.25) is 0 Å². The molecule has 0 saturated carbocycles. The Balaban J connectivity index is 2.07. The van der Waals surface area contributed by atoms with Crippen molar-refractivity contribution in [2.45, 2.75) is 26.3 Å². The smallest absolute Gasteiger partial charge is 0.192 e. The molecule has 0 spiro atoms. The number of hydrogen-bond acceptors (Lipinski definition) is 4. The third-order valence-electron chi connectivity index (χ3n) is 2.42. The van der Waals surface area contributed by atoms with Gasteiger partial charge >= 0.3 is 0 Å². The van der Waals surface area contributed by atoms with Crippen molar-refractivity contribution in [2.75, 3.05) is 11.9 Å². The van der Waals surface area contributed by atoms with Crippen LogP contribution in [-0.2, 0) is 0 Å². The molecule has 1 unspecified atom stereocenters. The van der Waals surface area contributed by atoms with Gasteiger partial charge in [-0.05, 0) is 25.5 Å². The van der Waals surface area contributed by atoms with Crippen LogP contribution in [0.25, 0.3) is 11.1 Å². The highest BCUT2D eigenvalue weighted by molar-refractivity contribution is 5.77. The van der Waals surface area contributed by atoms with E-state index in [4.69, 9.17) is 10.2 Å². The lowest BCUT2D eigenvalue weighted by atomic mass is 10.2. The van der Waals surface area contributed by atoms with Gasteiger partial charge in [-0.1, -0.05) is 0 Å². The Labute approximate surface area is 94.8 Å². The highest BCUT2D eigenvalue weighted by atomic mass is 16.3. The molecule has 1 atom stereocenters. The second kappa shape index (κ2) is 4.53. The van der Waals surface area contributed by atoms with Crippen LogP contribution >= 0.6 is 0 Å². The predicted molar refractivity (Wildman–Crippen MR) is 65.5 cm³/mol. The van der Waals surface area contributed by atoms with Crippen LogP contribution < -0.4 is 11.1 Å². The Kier molecular flexibility index (Phi) is 3.10. The van der Waals surface area contributed by atoms with Gasteiger partial charge < -0.3 is 15.5 Å². The molecule has 0 amide bonds. The van der Waals surface area contributed by atoms with Gasteiger partial charge in [0.25, 0.3) is 0 Å². The van der Waals surface area contributed by atoms with E-state index in [1.165, 1.54) is 0 Å². The molecule has 2 aromatic rings. The quantitative estimate of drug-likeness (QED) is 0.828. The largest absolute Gasteiger partial charge is 0.441 e. The zero-order chi connectivity index (χ0) is 11.5. The number of hydrogen-bond donors (Lipinski definition) is 2. The summed E-state index contributed by atoms with van der Waals surface area (Å²) in [5.74, 6) is 0.697. The average molecular weight is 219 g/mol. The molecule has 16 heavy (non-hydrogen) atoms. The predicted octanol–water partition coefficient (Wildman–Crippen LogP) is 2.29. The van der Waals surface area contributed by atoms with E-state index in [9.17, 15) is 0 Å². The average Bonchev–Trinajstić information content (AvgIpc) is 2.56. The molecular formula is C12H17N3O. The fourth-order valence-electron chi connectivity index (χ4n) is 1.59. The number of aryl methyl sites for hydroxylation is 1. The number of nitrogens with zero attached hydrogens (tertiary/aromatic N) is 1. The van der Waals surface area contributed by atoms with Crippen LogP contribution in [0.15, 0.2) is 22.6 Å². The molecule has 4 heteroatoms. The standard InChI is InChI=1S/C12H17N3O/c1-8(13)5-6-14-10-3-4-11-12(7-10)16-9(2)15-11/h3-4,7-8,14H,5-6,13H2,1-2H3. The number of nitrogens with two attached hydrogens (primary N) is 1. The van der Waals surface area contributed by atoms with Crippen molar-refractivity contribution in [1.29, 1.82) is 0 Å². The molecule has 0 radical (unpaired) electrons. The molecule has 4 nitrogen and oxygen atoms in total. The SMILES string of the molecule is Cc1nc2ccc(NCCC(C)N)cc2o1. The maximum Gasteiger partial charge on any atom is 0.192 e. The number of anilines is 1. The van der Waals surface area contributed by atoms with Crippen LogP contribution in [0.1, 0.15) is 19.2 Å². The van der Waals surface area contributed by atoms with Gasteiger partial charge in [0.1, 0.15) is 5.52 Å². The van der Waals surface area contributed by atoms with E-state index < -0.39 is 0 Å². The first kappa shape index (κ1) is 11.0. The molecule has 0 aliphatic rings. The lowest BCUT2D eigenvalue weighted by Gasteiger charge is -2.07. The van der Waals surface area contributed by atoms with Crippen molar-refractivity contribution in [1.82, 2.24) is 4.98 Å². The number of benzene rings is 1. The van der Waals surface area contributed by atoms with Gasteiger partial charge in [0, 0.05) is 31.3 Å².